The molecule has 0 radical (unpaired) electrons. The number of carbonyl (C=O) groups excluding carboxylic acids is 2. The molecule has 2 amide bonds. The number of fused-ring (bicyclic) bond motifs is 1. The van der Waals surface area contributed by atoms with E-state index in [2.05, 4.69) is 20.8 Å². The Morgan fingerprint density at radius 2 is 1.61 bits per heavy atom. The molecule has 0 aliphatic carbocycles. The minimum absolute atomic E-state index is 0.311. The van der Waals surface area contributed by atoms with Gasteiger partial charge in [0.1, 0.15) is 11.0 Å². The summed E-state index contributed by atoms with van der Waals surface area (Å²) >= 11 is 1.30. The topological polar surface area (TPSA) is 84.0 Å². The molecule has 0 saturated carbocycles. The second kappa shape index (κ2) is 10.5. The zero-order valence-electron chi connectivity index (χ0n) is 19.6. The minimum Gasteiger partial charge on any atom is -0.340 e. The van der Waals surface area contributed by atoms with Crippen molar-refractivity contribution in [3.8, 4) is 10.6 Å². The van der Waals surface area contributed by atoms with Crippen molar-refractivity contribution < 1.29 is 9.59 Å². The number of hydrogen-bond donors (Lipinski definition) is 2. The van der Waals surface area contributed by atoms with Gasteiger partial charge in [-0.2, -0.15) is 0 Å². The summed E-state index contributed by atoms with van der Waals surface area (Å²) in [6.07, 6.45) is 0.343. The third-order valence-corrected chi connectivity index (χ3v) is 6.72. The number of aromatic nitrogens is 2. The van der Waals surface area contributed by atoms with Crippen LogP contribution in [0.5, 0.6) is 0 Å². The average molecular weight is 493 g/mol. The molecule has 1 aromatic heterocycles. The summed E-state index contributed by atoms with van der Waals surface area (Å²) in [5.41, 5.74) is 3.50. The predicted octanol–water partition coefficient (Wildman–Crippen LogP) is 5.65. The van der Waals surface area contributed by atoms with Crippen LogP contribution in [0.25, 0.3) is 21.3 Å². The molecule has 0 bridgehead atoms. The Kier molecular flexibility index (Phi) is 6.82. The van der Waals surface area contributed by atoms with Gasteiger partial charge in [0.25, 0.3) is 5.91 Å². The maximum Gasteiger partial charge on any atom is 0.251 e. The highest BCUT2D eigenvalue weighted by Crippen LogP contribution is 2.27. The number of nitrogens with one attached hydrogen (secondary N) is 2. The lowest BCUT2D eigenvalue weighted by Gasteiger charge is -2.18. The first-order chi connectivity index (χ1) is 17.5. The van der Waals surface area contributed by atoms with Gasteiger partial charge in [0, 0.05) is 17.5 Å². The summed E-state index contributed by atoms with van der Waals surface area (Å²) in [7, 11) is 0. The normalized spacial score (nSPS) is 11.7. The van der Waals surface area contributed by atoms with E-state index >= 15 is 0 Å². The molecule has 0 unspecified atom stereocenters. The molecule has 6 nitrogen and oxygen atoms in total. The quantitative estimate of drug-likeness (QED) is 0.308. The van der Waals surface area contributed by atoms with Crippen LogP contribution in [0.1, 0.15) is 21.5 Å². The van der Waals surface area contributed by atoms with Crippen LogP contribution >= 0.6 is 11.3 Å². The second-order valence-corrected chi connectivity index (χ2v) is 9.53. The number of nitrogens with zero attached hydrogens (tertiary/aromatic N) is 2. The Morgan fingerprint density at radius 3 is 2.42 bits per heavy atom. The van der Waals surface area contributed by atoms with Crippen molar-refractivity contribution in [2.45, 2.75) is 19.4 Å². The van der Waals surface area contributed by atoms with Gasteiger partial charge in [0.2, 0.25) is 11.0 Å². The van der Waals surface area contributed by atoms with Crippen LogP contribution in [0.15, 0.2) is 97.1 Å². The van der Waals surface area contributed by atoms with Gasteiger partial charge in [-0.25, -0.2) is 0 Å². The Bertz CT molecular complexity index is 1530. The van der Waals surface area contributed by atoms with Gasteiger partial charge in [-0.1, -0.05) is 95.8 Å². The van der Waals surface area contributed by atoms with E-state index in [1.54, 1.807) is 6.07 Å². The Morgan fingerprint density at radius 1 is 0.833 bits per heavy atom. The van der Waals surface area contributed by atoms with E-state index in [9.17, 15) is 9.59 Å². The molecule has 1 heterocycles. The van der Waals surface area contributed by atoms with Gasteiger partial charge in [-0.15, -0.1) is 10.2 Å². The average Bonchev–Trinajstić information content (AvgIpc) is 3.37. The third kappa shape index (κ3) is 5.47. The van der Waals surface area contributed by atoms with E-state index < -0.39 is 6.04 Å². The van der Waals surface area contributed by atoms with E-state index in [4.69, 9.17) is 0 Å². The Hall–Kier alpha value is -4.36. The number of amides is 2. The monoisotopic (exact) mass is 492 g/mol. The molecule has 36 heavy (non-hydrogen) atoms. The Balaban J connectivity index is 1.36. The maximum atomic E-state index is 13.3. The van der Waals surface area contributed by atoms with Crippen molar-refractivity contribution >= 4 is 39.1 Å². The molecule has 0 aliphatic rings. The lowest BCUT2D eigenvalue weighted by atomic mass is 10.0. The van der Waals surface area contributed by atoms with Gasteiger partial charge in [-0.3, -0.25) is 14.9 Å². The highest BCUT2D eigenvalue weighted by atomic mass is 32.1. The molecule has 4 aromatic carbocycles. The van der Waals surface area contributed by atoms with Gasteiger partial charge < -0.3 is 5.32 Å². The fourth-order valence-electron chi connectivity index (χ4n) is 3.99. The third-order valence-electron chi connectivity index (χ3n) is 5.84. The molecule has 7 heteroatoms. The van der Waals surface area contributed by atoms with Gasteiger partial charge in [-0.05, 0) is 41.5 Å². The first-order valence-corrected chi connectivity index (χ1v) is 12.4. The highest BCUT2D eigenvalue weighted by Gasteiger charge is 2.23. The van der Waals surface area contributed by atoms with Crippen LogP contribution in [0.2, 0.25) is 0 Å². The fraction of sp³-hybridized carbons (Fsp3) is 0.103. The first-order valence-electron chi connectivity index (χ1n) is 11.6. The summed E-state index contributed by atoms with van der Waals surface area (Å²) in [6.45, 7) is 2.01. The number of aryl methyl sites for hydroxylation is 1. The van der Waals surface area contributed by atoms with E-state index in [-0.39, 0.29) is 11.8 Å². The van der Waals surface area contributed by atoms with Crippen molar-refractivity contribution in [1.82, 2.24) is 15.5 Å². The SMILES string of the molecule is Cc1cccc(-c2nnc(NC(=O)[C@@H](Cc3ccccc3)NC(=O)c3ccc4ccccc4c3)s2)c1. The first kappa shape index (κ1) is 23.4. The van der Waals surface area contributed by atoms with Gasteiger partial charge in [0.15, 0.2) is 0 Å². The molecular weight excluding hydrogens is 468 g/mol. The second-order valence-electron chi connectivity index (χ2n) is 8.55. The highest BCUT2D eigenvalue weighted by molar-refractivity contribution is 7.18. The molecule has 0 aliphatic heterocycles. The molecule has 5 aromatic rings. The number of rotatable bonds is 7. The summed E-state index contributed by atoms with van der Waals surface area (Å²) in [4.78, 5) is 26.5. The summed E-state index contributed by atoms with van der Waals surface area (Å²) < 4.78 is 0. The van der Waals surface area contributed by atoms with E-state index in [0.29, 0.717) is 22.1 Å². The molecule has 0 fully saturated rings. The van der Waals surface area contributed by atoms with Crippen molar-refractivity contribution in [3.63, 3.8) is 0 Å². The minimum atomic E-state index is -0.794. The van der Waals surface area contributed by atoms with Crippen LogP contribution < -0.4 is 10.6 Å². The summed E-state index contributed by atoms with van der Waals surface area (Å²) in [6, 6.07) is 30.1. The van der Waals surface area contributed by atoms with Crippen LogP contribution in [-0.2, 0) is 11.2 Å². The van der Waals surface area contributed by atoms with Crippen molar-refractivity contribution in [2.75, 3.05) is 5.32 Å². The zero-order valence-corrected chi connectivity index (χ0v) is 20.5. The Labute approximate surface area is 213 Å². The van der Waals surface area contributed by atoms with E-state index in [1.807, 2.05) is 97.9 Å². The van der Waals surface area contributed by atoms with E-state index in [1.165, 1.54) is 11.3 Å². The van der Waals surface area contributed by atoms with Crippen LogP contribution in [-0.4, -0.2) is 28.1 Å². The molecule has 2 N–H and O–H groups in total. The molecular formula is C29H24N4O2S. The van der Waals surface area contributed by atoms with Crippen LogP contribution in [0, 0.1) is 6.92 Å². The predicted molar refractivity (Wildman–Crippen MR) is 144 cm³/mol. The lowest BCUT2D eigenvalue weighted by molar-refractivity contribution is -0.118. The zero-order chi connectivity index (χ0) is 24.9. The molecule has 0 spiro atoms. The number of benzene rings is 4. The van der Waals surface area contributed by atoms with Crippen molar-refractivity contribution in [1.29, 1.82) is 0 Å². The van der Waals surface area contributed by atoms with E-state index in [0.717, 1.165) is 27.5 Å². The fourth-order valence-corrected chi connectivity index (χ4v) is 4.74. The van der Waals surface area contributed by atoms with Crippen molar-refractivity contribution in [2.24, 2.45) is 0 Å². The van der Waals surface area contributed by atoms with Gasteiger partial charge >= 0.3 is 0 Å². The summed E-state index contributed by atoms with van der Waals surface area (Å²) in [5.74, 6) is -0.658. The molecule has 178 valence electrons. The number of carbonyl (C=O) groups is 2. The van der Waals surface area contributed by atoms with Gasteiger partial charge in [0.05, 0.1) is 0 Å². The lowest BCUT2D eigenvalue weighted by Crippen LogP contribution is -2.45. The van der Waals surface area contributed by atoms with Crippen LogP contribution in [0.4, 0.5) is 5.13 Å². The van der Waals surface area contributed by atoms with Crippen LogP contribution in [0.3, 0.4) is 0 Å². The summed E-state index contributed by atoms with van der Waals surface area (Å²) in [5, 5.41) is 17.3. The number of hydrogen-bond acceptors (Lipinski definition) is 5. The van der Waals surface area contributed by atoms with Crippen molar-refractivity contribution in [3.05, 3.63) is 114 Å². The maximum absolute atomic E-state index is 13.3. The largest absolute Gasteiger partial charge is 0.340 e. The molecule has 1 atom stereocenters. The smallest absolute Gasteiger partial charge is 0.251 e. The molecule has 0 saturated heterocycles. The standard InChI is InChI=1S/C29H24N4O2S/c1-19-8-7-13-24(16-19)28-32-33-29(36-28)31-27(35)25(17-20-9-3-2-4-10-20)30-26(34)23-15-14-21-11-5-6-12-22(21)18-23/h2-16,18,25H,17H2,1H3,(H,30,34)(H,31,33,35)/t25-/m1/s1. The number of anilines is 1. The molecule has 5 rings (SSSR count).